The summed E-state index contributed by atoms with van der Waals surface area (Å²) in [6, 6.07) is 35.6. The molecule has 35 heavy (non-hydrogen) atoms. The van der Waals surface area contributed by atoms with Gasteiger partial charge in [-0.2, -0.15) is 0 Å². The maximum atomic E-state index is 7.44. The fourth-order valence-corrected chi connectivity index (χ4v) is 8.11. The molecule has 4 aromatic carbocycles. The minimum Gasteiger partial charge on any atom is -0.814 e. The summed E-state index contributed by atoms with van der Waals surface area (Å²) >= 11 is 0. The molecule has 0 aliphatic rings. The van der Waals surface area contributed by atoms with Crippen molar-refractivity contribution in [3.63, 3.8) is 0 Å². The zero-order valence-electron chi connectivity index (χ0n) is 21.2. The Labute approximate surface area is 228 Å². The van der Waals surface area contributed by atoms with Crippen molar-refractivity contribution in [1.29, 1.82) is 0 Å². The average molecular weight is 590 g/mol. The largest absolute Gasteiger partial charge is 2.00 e. The molecule has 0 saturated carbocycles. The fourth-order valence-electron chi connectivity index (χ4n) is 4.10. The van der Waals surface area contributed by atoms with E-state index in [2.05, 4.69) is 124 Å². The summed E-state index contributed by atoms with van der Waals surface area (Å²) in [5.41, 5.74) is 5.52. The van der Waals surface area contributed by atoms with E-state index in [0.717, 1.165) is 6.21 Å². The molecule has 0 saturated heterocycles. The molecule has 0 fully saturated rings. The molecule has 1 atom stereocenters. The van der Waals surface area contributed by atoms with Gasteiger partial charge >= 0.3 is 20.4 Å². The van der Waals surface area contributed by atoms with Crippen molar-refractivity contribution in [3.8, 4) is 0 Å². The van der Waals surface area contributed by atoms with Crippen molar-refractivity contribution < 1.29 is 20.4 Å². The Balaban J connectivity index is 0.00000117. The Morgan fingerprint density at radius 3 is 1.63 bits per heavy atom. The van der Waals surface area contributed by atoms with E-state index < -0.39 is 7.92 Å². The number of benzene rings is 4. The molecule has 0 N–H and O–H groups in total. The van der Waals surface area contributed by atoms with Gasteiger partial charge in [0.25, 0.3) is 0 Å². The molecule has 0 heterocycles. The molecule has 1 nitrogen and oxygen atoms in total. The Bertz CT molecular complexity index is 1160. The van der Waals surface area contributed by atoms with Gasteiger partial charge in [-0.25, -0.2) is 6.21 Å². The molecule has 0 aliphatic heterocycles. The van der Waals surface area contributed by atoms with E-state index in [1.807, 2.05) is 0 Å². The monoisotopic (exact) mass is 589 g/mol. The number of aryl methyl sites for hydroxylation is 3. The molecule has 0 spiro atoms. The first-order valence-corrected chi connectivity index (χ1v) is 13.8. The molecule has 0 radical (unpaired) electrons. The van der Waals surface area contributed by atoms with E-state index in [4.69, 9.17) is 5.41 Å². The summed E-state index contributed by atoms with van der Waals surface area (Å²) < 4.78 is 0. The van der Waals surface area contributed by atoms with Gasteiger partial charge in [-0.3, -0.25) is 0 Å². The number of hydrogen-bond acceptors (Lipinski definition) is 0. The number of hydrogen-bond donors (Lipinski definition) is 0. The third kappa shape index (κ3) is 8.46. The topological polar surface area (TPSA) is 22.3 Å². The van der Waals surface area contributed by atoms with Crippen molar-refractivity contribution in [2.75, 3.05) is 0 Å². The Kier molecular flexibility index (Phi) is 13.9. The zero-order chi connectivity index (χ0) is 23.6. The third-order valence-electron chi connectivity index (χ3n) is 5.40. The van der Waals surface area contributed by atoms with E-state index in [0.29, 0.717) is 8.20 Å². The molecule has 4 heteroatoms. The van der Waals surface area contributed by atoms with Crippen LogP contribution in [-0.4, -0.2) is 12.0 Å². The van der Waals surface area contributed by atoms with Crippen LogP contribution < -0.4 is 21.2 Å². The molecule has 4 aromatic rings. The normalized spacial score (nSPS) is 10.1. The summed E-state index contributed by atoms with van der Waals surface area (Å²) in [6.45, 7) is 8.22. The molecular formula is C31H35NP2Pd+2. The smallest absolute Gasteiger partial charge is 0.814 e. The number of nitrogens with zero attached hydrogens (tertiary/aromatic N) is 1. The van der Waals surface area contributed by atoms with Crippen LogP contribution in [-0.2, 0) is 20.4 Å². The van der Waals surface area contributed by atoms with Gasteiger partial charge in [-0.1, -0.05) is 73.2 Å². The maximum Gasteiger partial charge on any atom is 2.00 e. The van der Waals surface area contributed by atoms with Crippen molar-refractivity contribution in [3.05, 3.63) is 132 Å². The summed E-state index contributed by atoms with van der Waals surface area (Å²) in [4.78, 5) is 0. The Hall–Kier alpha value is -2.19. The van der Waals surface area contributed by atoms with Crippen LogP contribution in [0.25, 0.3) is 5.41 Å². The number of rotatable bonds is 5. The van der Waals surface area contributed by atoms with Crippen LogP contribution in [0, 0.1) is 28.2 Å². The van der Waals surface area contributed by atoms with Crippen LogP contribution in [0.1, 0.15) is 29.2 Å². The zero-order valence-corrected chi connectivity index (χ0v) is 24.7. The summed E-state index contributed by atoms with van der Waals surface area (Å²) in [5.74, 6) is 2.45. The second-order valence-corrected chi connectivity index (χ2v) is 11.5. The summed E-state index contributed by atoms with van der Waals surface area (Å²) in [6.07, 6.45) is 1.00. The first-order chi connectivity index (χ1) is 16.0. The van der Waals surface area contributed by atoms with Crippen LogP contribution in [0.15, 0.2) is 97.1 Å². The minimum absolute atomic E-state index is 0. The maximum absolute atomic E-state index is 7.44. The molecular weight excluding hydrogens is 555 g/mol. The Morgan fingerprint density at radius 1 is 0.714 bits per heavy atom. The second kappa shape index (κ2) is 15.7. The van der Waals surface area contributed by atoms with Gasteiger partial charge in [0.15, 0.2) is 5.30 Å². The molecule has 0 aromatic heterocycles. The van der Waals surface area contributed by atoms with E-state index in [9.17, 15) is 0 Å². The van der Waals surface area contributed by atoms with E-state index in [1.54, 1.807) is 6.92 Å². The van der Waals surface area contributed by atoms with Crippen molar-refractivity contribution in [1.82, 2.24) is 0 Å². The summed E-state index contributed by atoms with van der Waals surface area (Å²) in [5, 5.41) is 13.2. The van der Waals surface area contributed by atoms with Crippen LogP contribution >= 0.6 is 16.1 Å². The van der Waals surface area contributed by atoms with Crippen LogP contribution in [0.3, 0.4) is 0 Å². The van der Waals surface area contributed by atoms with Crippen molar-refractivity contribution in [2.45, 2.75) is 27.7 Å². The minimum atomic E-state index is -1.06. The first-order valence-electron chi connectivity index (χ1n) is 11.2. The van der Waals surface area contributed by atoms with Crippen LogP contribution in [0.5, 0.6) is 0 Å². The van der Waals surface area contributed by atoms with Crippen molar-refractivity contribution >= 4 is 49.4 Å². The SMILES string of the molecule is CC=[N-].Cc1cc(C)c(/[PH+]=C/c2ccccc2[PH+](c2ccccc2)c2ccccc2)c(C)c1.[CH3-].[Pd+2]. The van der Waals surface area contributed by atoms with Gasteiger partial charge in [0.05, 0.1) is 13.5 Å². The molecule has 0 amide bonds. The van der Waals surface area contributed by atoms with Gasteiger partial charge in [0, 0.05) is 0 Å². The second-order valence-electron chi connectivity index (χ2n) is 8.01. The molecule has 0 bridgehead atoms. The average Bonchev–Trinajstić information content (AvgIpc) is 2.81. The molecule has 4 rings (SSSR count). The van der Waals surface area contributed by atoms with Gasteiger partial charge < -0.3 is 12.8 Å². The third-order valence-corrected chi connectivity index (χ3v) is 9.75. The van der Waals surface area contributed by atoms with Gasteiger partial charge in [0.1, 0.15) is 29.9 Å². The Morgan fingerprint density at radius 2 is 1.14 bits per heavy atom. The van der Waals surface area contributed by atoms with Gasteiger partial charge in [0.2, 0.25) is 0 Å². The molecule has 1 unspecified atom stereocenters. The molecule has 0 aliphatic carbocycles. The standard InChI is InChI=1S/C28H26P2.C2H4N.CH3.Pd/c1-21-18-22(2)28(23(3)19-21)29-20-24-12-10-11-17-27(24)30(25-13-6-4-7-14-25)26-15-8-5-9-16-26;1-2-3;;/h4-20H,1-3H3;2H,1H3;1H3;/q;2*-1;+2/p+2. The van der Waals surface area contributed by atoms with E-state index in [-0.39, 0.29) is 27.8 Å². The van der Waals surface area contributed by atoms with Gasteiger partial charge in [-0.15, -0.1) is 0 Å². The van der Waals surface area contributed by atoms with Crippen LogP contribution in [0.4, 0.5) is 0 Å². The van der Waals surface area contributed by atoms with Crippen LogP contribution in [0.2, 0.25) is 0 Å². The van der Waals surface area contributed by atoms with Crippen molar-refractivity contribution in [2.24, 2.45) is 0 Å². The fraction of sp³-hybridized carbons (Fsp3) is 0.129. The van der Waals surface area contributed by atoms with Gasteiger partial charge in [-0.05, 0) is 68.3 Å². The quantitative estimate of drug-likeness (QED) is 0.112. The molecule has 182 valence electrons. The predicted molar refractivity (Wildman–Crippen MR) is 162 cm³/mol. The van der Waals surface area contributed by atoms with E-state index >= 15 is 0 Å². The predicted octanol–water partition coefficient (Wildman–Crippen LogP) is 6.35. The van der Waals surface area contributed by atoms with E-state index in [1.165, 1.54) is 43.5 Å². The summed E-state index contributed by atoms with van der Waals surface area (Å²) in [7, 11) is -0.392. The first kappa shape index (κ1) is 30.8.